The summed E-state index contributed by atoms with van der Waals surface area (Å²) in [7, 11) is 1.37. The topological polar surface area (TPSA) is 93.4 Å². The highest BCUT2D eigenvalue weighted by Crippen LogP contribution is 2.17. The summed E-state index contributed by atoms with van der Waals surface area (Å²) in [5.74, 6) is -0.458. The highest BCUT2D eigenvalue weighted by atomic mass is 19.1. The summed E-state index contributed by atoms with van der Waals surface area (Å²) >= 11 is 0. The first kappa shape index (κ1) is 16.4. The van der Waals surface area contributed by atoms with Crippen molar-refractivity contribution in [3.05, 3.63) is 12.0 Å². The van der Waals surface area contributed by atoms with E-state index in [1.54, 1.807) is 0 Å². The number of methoxy groups -OCH3 is 1. The monoisotopic (exact) mass is 311 g/mol. The average Bonchev–Trinajstić information content (AvgIpc) is 2.53. The van der Waals surface area contributed by atoms with Crippen LogP contribution < -0.4 is 15.8 Å². The summed E-state index contributed by atoms with van der Waals surface area (Å²) in [6.45, 7) is 3.41. The molecule has 1 amide bonds. The maximum absolute atomic E-state index is 13.2. The van der Waals surface area contributed by atoms with Crippen molar-refractivity contribution in [1.82, 2.24) is 14.9 Å². The minimum atomic E-state index is -0.578. The smallest absolute Gasteiger partial charge is 0.255 e. The highest BCUT2D eigenvalue weighted by molar-refractivity contribution is 5.76. The third kappa shape index (κ3) is 4.52. The van der Waals surface area contributed by atoms with Gasteiger partial charge in [-0.2, -0.15) is 9.37 Å². The van der Waals surface area contributed by atoms with Crippen LogP contribution in [0.15, 0.2) is 6.20 Å². The number of carbonyl (C=O) groups excluding carboxylic acids is 1. The second-order valence-electron chi connectivity index (χ2n) is 5.35. The maximum Gasteiger partial charge on any atom is 0.255 e. The molecule has 0 atom stereocenters. The molecule has 1 aromatic rings. The molecule has 1 aliphatic rings. The van der Waals surface area contributed by atoms with Gasteiger partial charge < -0.3 is 20.7 Å². The molecule has 0 aliphatic carbocycles. The van der Waals surface area contributed by atoms with Crippen LogP contribution in [0.5, 0.6) is 5.88 Å². The second-order valence-corrected chi connectivity index (χ2v) is 5.35. The van der Waals surface area contributed by atoms with Crippen LogP contribution in [-0.2, 0) is 4.79 Å². The zero-order valence-corrected chi connectivity index (χ0v) is 12.7. The number of hydrogen-bond donors (Lipinski definition) is 2. The number of nitrogens with zero attached hydrogens (tertiary/aromatic N) is 3. The minimum absolute atomic E-state index is 0.0226. The first-order valence-corrected chi connectivity index (χ1v) is 7.42. The fraction of sp³-hybridized carbons (Fsp3) is 0.643. The van der Waals surface area contributed by atoms with Gasteiger partial charge in [-0.05, 0) is 38.9 Å². The molecular weight excluding hydrogens is 289 g/mol. The Morgan fingerprint density at radius 2 is 2.27 bits per heavy atom. The lowest BCUT2D eigenvalue weighted by molar-refractivity contribution is -0.123. The molecule has 1 fully saturated rings. The summed E-state index contributed by atoms with van der Waals surface area (Å²) in [5.41, 5.74) is 5.31. The lowest BCUT2D eigenvalue weighted by Crippen LogP contribution is -2.39. The molecule has 2 rings (SSSR count). The first-order valence-electron chi connectivity index (χ1n) is 7.42. The van der Waals surface area contributed by atoms with Crippen molar-refractivity contribution in [2.45, 2.75) is 19.3 Å². The lowest BCUT2D eigenvalue weighted by Gasteiger charge is -2.30. The second kappa shape index (κ2) is 7.88. The molecule has 0 saturated carbocycles. The molecule has 1 aromatic heterocycles. The number of aromatic nitrogens is 2. The van der Waals surface area contributed by atoms with Crippen LogP contribution in [0.2, 0.25) is 0 Å². The van der Waals surface area contributed by atoms with Crippen molar-refractivity contribution in [2.24, 2.45) is 11.7 Å². The fourth-order valence-corrected chi connectivity index (χ4v) is 2.52. The van der Waals surface area contributed by atoms with E-state index in [-0.39, 0.29) is 17.7 Å². The van der Waals surface area contributed by atoms with Crippen LogP contribution in [0, 0.1) is 11.7 Å². The molecule has 7 nitrogen and oxygen atoms in total. The highest BCUT2D eigenvalue weighted by Gasteiger charge is 2.22. The Labute approximate surface area is 129 Å². The van der Waals surface area contributed by atoms with Crippen molar-refractivity contribution in [2.75, 3.05) is 38.6 Å². The number of halogens is 1. The Bertz CT molecular complexity index is 506. The molecule has 0 spiro atoms. The lowest BCUT2D eigenvalue weighted by atomic mass is 9.96. The Morgan fingerprint density at radius 1 is 1.55 bits per heavy atom. The number of nitrogens with one attached hydrogen (secondary N) is 1. The molecule has 3 N–H and O–H groups in total. The fourth-order valence-electron chi connectivity index (χ4n) is 2.52. The molecule has 0 unspecified atom stereocenters. The molecule has 0 radical (unpaired) electrons. The molecule has 1 aliphatic heterocycles. The van der Waals surface area contributed by atoms with Gasteiger partial charge in [0.25, 0.3) is 5.88 Å². The van der Waals surface area contributed by atoms with E-state index in [0.29, 0.717) is 12.5 Å². The normalized spacial score (nSPS) is 16.5. The van der Waals surface area contributed by atoms with Crippen LogP contribution in [0.4, 0.5) is 10.3 Å². The van der Waals surface area contributed by atoms with Crippen molar-refractivity contribution < 1.29 is 13.9 Å². The molecular formula is C14H22FN5O2. The zero-order valence-electron chi connectivity index (χ0n) is 12.7. The van der Waals surface area contributed by atoms with Gasteiger partial charge in [0, 0.05) is 12.5 Å². The van der Waals surface area contributed by atoms with Crippen LogP contribution in [-0.4, -0.2) is 54.1 Å². The molecule has 22 heavy (non-hydrogen) atoms. The zero-order chi connectivity index (χ0) is 15.9. The van der Waals surface area contributed by atoms with Crippen molar-refractivity contribution in [1.29, 1.82) is 0 Å². The first-order chi connectivity index (χ1) is 10.6. The molecule has 8 heteroatoms. The number of piperidine rings is 1. The van der Waals surface area contributed by atoms with Crippen LogP contribution >= 0.6 is 0 Å². The van der Waals surface area contributed by atoms with Gasteiger partial charge in [-0.25, -0.2) is 4.98 Å². The maximum atomic E-state index is 13.2. The van der Waals surface area contributed by atoms with Gasteiger partial charge in [-0.1, -0.05) is 0 Å². The van der Waals surface area contributed by atoms with Gasteiger partial charge >= 0.3 is 0 Å². The number of hydrogen-bond acceptors (Lipinski definition) is 6. The van der Waals surface area contributed by atoms with Gasteiger partial charge in [0.05, 0.1) is 13.3 Å². The molecule has 1 saturated heterocycles. The number of rotatable bonds is 7. The third-order valence-electron chi connectivity index (χ3n) is 3.83. The number of anilines is 1. The van der Waals surface area contributed by atoms with E-state index >= 15 is 0 Å². The van der Waals surface area contributed by atoms with E-state index in [4.69, 9.17) is 10.5 Å². The molecule has 2 heterocycles. The average molecular weight is 311 g/mol. The molecule has 0 bridgehead atoms. The van der Waals surface area contributed by atoms with Crippen LogP contribution in [0.25, 0.3) is 0 Å². The summed E-state index contributed by atoms with van der Waals surface area (Å²) in [6.07, 6.45) is 3.66. The predicted octanol–water partition coefficient (Wildman–Crippen LogP) is 0.624. The Balaban J connectivity index is 1.66. The van der Waals surface area contributed by atoms with E-state index in [1.165, 1.54) is 7.11 Å². The van der Waals surface area contributed by atoms with Crippen molar-refractivity contribution in [3.8, 4) is 5.88 Å². The Morgan fingerprint density at radius 3 is 2.91 bits per heavy atom. The standard InChI is InChI=1S/C14H22FN5O2/c1-22-13-11(15)9-18-14(19-13)17-5-2-6-20-7-3-10(4-8-20)12(16)21/h9-10H,2-8H2,1H3,(H2,16,21)(H,17,18,19). The van der Waals surface area contributed by atoms with Gasteiger partial charge in [0.15, 0.2) is 0 Å². The summed E-state index contributed by atoms with van der Waals surface area (Å²) in [5, 5.41) is 3.04. The van der Waals surface area contributed by atoms with Gasteiger partial charge in [-0.15, -0.1) is 0 Å². The summed E-state index contributed by atoms with van der Waals surface area (Å²) in [4.78, 5) is 21.2. The molecule has 122 valence electrons. The number of carbonyl (C=O) groups is 1. The number of ether oxygens (including phenoxy) is 1. The van der Waals surface area contributed by atoms with Crippen LogP contribution in [0.1, 0.15) is 19.3 Å². The largest absolute Gasteiger partial charge is 0.479 e. The quantitative estimate of drug-likeness (QED) is 0.717. The number of likely N-dealkylation sites (tertiary alicyclic amines) is 1. The van der Waals surface area contributed by atoms with E-state index in [9.17, 15) is 9.18 Å². The predicted molar refractivity (Wildman–Crippen MR) is 80.0 cm³/mol. The minimum Gasteiger partial charge on any atom is -0.479 e. The van der Waals surface area contributed by atoms with Gasteiger partial charge in [-0.3, -0.25) is 4.79 Å². The van der Waals surface area contributed by atoms with E-state index in [1.807, 2.05) is 0 Å². The van der Waals surface area contributed by atoms with E-state index in [2.05, 4.69) is 20.2 Å². The summed E-state index contributed by atoms with van der Waals surface area (Å²) in [6, 6.07) is 0. The number of primary amides is 1. The van der Waals surface area contributed by atoms with Gasteiger partial charge in [0.2, 0.25) is 17.7 Å². The number of nitrogens with two attached hydrogens (primary N) is 1. The van der Waals surface area contributed by atoms with Crippen LogP contribution in [0.3, 0.4) is 0 Å². The van der Waals surface area contributed by atoms with Gasteiger partial charge in [0.1, 0.15) is 0 Å². The molecule has 0 aromatic carbocycles. The van der Waals surface area contributed by atoms with E-state index in [0.717, 1.165) is 45.1 Å². The van der Waals surface area contributed by atoms with Crippen molar-refractivity contribution in [3.63, 3.8) is 0 Å². The van der Waals surface area contributed by atoms with E-state index < -0.39 is 5.82 Å². The SMILES string of the molecule is COc1nc(NCCCN2CCC(C(N)=O)CC2)ncc1F. The Hall–Kier alpha value is -1.96. The Kier molecular flexibility index (Phi) is 5.88. The van der Waals surface area contributed by atoms with Crippen molar-refractivity contribution >= 4 is 11.9 Å². The number of amides is 1. The summed E-state index contributed by atoms with van der Waals surface area (Å²) < 4.78 is 18.0. The third-order valence-corrected chi connectivity index (χ3v) is 3.83.